The average molecular weight is 398 g/mol. The van der Waals surface area contributed by atoms with Gasteiger partial charge >= 0.3 is 0 Å². The van der Waals surface area contributed by atoms with Crippen LogP contribution >= 0.6 is 11.8 Å². The minimum absolute atomic E-state index is 0.0304. The van der Waals surface area contributed by atoms with E-state index in [4.69, 9.17) is 4.42 Å². The van der Waals surface area contributed by atoms with Gasteiger partial charge in [0.05, 0.1) is 16.7 Å². The Labute approximate surface area is 166 Å². The summed E-state index contributed by atoms with van der Waals surface area (Å²) in [7, 11) is 0. The number of hydrogen-bond acceptors (Lipinski definition) is 7. The molecule has 3 heterocycles. The van der Waals surface area contributed by atoms with Gasteiger partial charge in [0, 0.05) is 13.0 Å². The number of thioether (sulfide) groups is 1. The van der Waals surface area contributed by atoms with Crippen LogP contribution in [0, 0.1) is 5.92 Å². The molecule has 0 atom stereocenters. The molecule has 0 amide bonds. The van der Waals surface area contributed by atoms with E-state index in [0.29, 0.717) is 52.7 Å². The maximum absolute atomic E-state index is 13.0. The number of fused-ring (bicyclic) bond motifs is 3. The second-order valence-corrected chi connectivity index (χ2v) is 7.95. The van der Waals surface area contributed by atoms with Crippen molar-refractivity contribution in [1.29, 1.82) is 0 Å². The van der Waals surface area contributed by atoms with Crippen molar-refractivity contribution in [2.24, 2.45) is 5.92 Å². The van der Waals surface area contributed by atoms with Crippen molar-refractivity contribution in [3.05, 3.63) is 46.4 Å². The van der Waals surface area contributed by atoms with Crippen LogP contribution < -0.4 is 5.56 Å². The van der Waals surface area contributed by atoms with Crippen molar-refractivity contribution >= 4 is 28.4 Å². The molecule has 146 valence electrons. The molecule has 0 saturated carbocycles. The molecule has 0 unspecified atom stereocenters. The van der Waals surface area contributed by atoms with Crippen LogP contribution in [-0.4, -0.2) is 29.4 Å². The summed E-state index contributed by atoms with van der Waals surface area (Å²) >= 11 is 1.47. The van der Waals surface area contributed by atoms with E-state index in [9.17, 15) is 4.79 Å². The Morgan fingerprint density at radius 2 is 1.89 bits per heavy atom. The third-order valence-corrected chi connectivity index (χ3v) is 5.46. The lowest BCUT2D eigenvalue weighted by molar-refractivity contribution is 0.470. The summed E-state index contributed by atoms with van der Waals surface area (Å²) in [6, 6.07) is 7.57. The number of rotatable bonds is 7. The molecule has 8 nitrogen and oxygen atoms in total. The van der Waals surface area contributed by atoms with Gasteiger partial charge in [-0.1, -0.05) is 44.7 Å². The largest absolute Gasteiger partial charge is 0.424 e. The first-order valence-corrected chi connectivity index (χ1v) is 10.4. The van der Waals surface area contributed by atoms with Crippen molar-refractivity contribution in [1.82, 2.24) is 29.4 Å². The van der Waals surface area contributed by atoms with Crippen LogP contribution in [0.25, 0.3) is 16.7 Å². The van der Waals surface area contributed by atoms with Crippen LogP contribution in [0.1, 0.15) is 39.0 Å². The summed E-state index contributed by atoms with van der Waals surface area (Å²) in [5.41, 5.74) is 0.771. The molecular formula is C19H22N6O2S. The smallest absolute Gasteiger partial charge is 0.262 e. The molecule has 0 radical (unpaired) electrons. The standard InChI is InChI=1S/C19H22N6O2S/c1-4-15-20-21-16(27-15)11-28-19-23-22-18-24(10-9-12(2)3)17(26)13-7-5-6-8-14(13)25(18)19/h5-8,12H,4,9-11H2,1-3H3. The Hall–Kier alpha value is -2.68. The van der Waals surface area contributed by atoms with Crippen LogP contribution in [0.3, 0.4) is 0 Å². The van der Waals surface area contributed by atoms with Crippen molar-refractivity contribution in [2.45, 2.75) is 51.1 Å². The zero-order chi connectivity index (χ0) is 19.7. The van der Waals surface area contributed by atoms with Crippen LogP contribution in [0.4, 0.5) is 0 Å². The monoisotopic (exact) mass is 398 g/mol. The van der Waals surface area contributed by atoms with Gasteiger partial charge in [-0.3, -0.25) is 13.8 Å². The molecular weight excluding hydrogens is 376 g/mol. The second kappa shape index (κ2) is 7.75. The number of benzene rings is 1. The SMILES string of the molecule is CCc1nnc(CSc2nnc3n(CCC(C)C)c(=O)c4ccccc4n23)o1. The molecule has 28 heavy (non-hydrogen) atoms. The van der Waals surface area contributed by atoms with Crippen molar-refractivity contribution in [3.63, 3.8) is 0 Å². The van der Waals surface area contributed by atoms with E-state index < -0.39 is 0 Å². The van der Waals surface area contributed by atoms with Gasteiger partial charge in [0.2, 0.25) is 17.6 Å². The lowest BCUT2D eigenvalue weighted by Crippen LogP contribution is -2.24. The van der Waals surface area contributed by atoms with E-state index in [1.165, 1.54) is 11.8 Å². The molecule has 4 aromatic rings. The third-order valence-electron chi connectivity index (χ3n) is 4.54. The summed E-state index contributed by atoms with van der Waals surface area (Å²) in [6.07, 6.45) is 1.60. The molecule has 0 aliphatic heterocycles. The maximum Gasteiger partial charge on any atom is 0.262 e. The minimum Gasteiger partial charge on any atom is -0.424 e. The van der Waals surface area contributed by atoms with E-state index in [2.05, 4.69) is 34.2 Å². The molecule has 0 spiro atoms. The van der Waals surface area contributed by atoms with Gasteiger partial charge in [-0.25, -0.2) is 0 Å². The summed E-state index contributed by atoms with van der Waals surface area (Å²) < 4.78 is 9.25. The van der Waals surface area contributed by atoms with Gasteiger partial charge in [-0.05, 0) is 24.5 Å². The summed E-state index contributed by atoms with van der Waals surface area (Å²) in [5, 5.41) is 18.1. The Bertz CT molecular complexity index is 1180. The lowest BCUT2D eigenvalue weighted by atomic mass is 10.1. The second-order valence-electron chi connectivity index (χ2n) is 7.01. The van der Waals surface area contributed by atoms with Crippen LogP contribution in [0.2, 0.25) is 0 Å². The Balaban J connectivity index is 1.78. The van der Waals surface area contributed by atoms with Crippen LogP contribution in [0.5, 0.6) is 0 Å². The van der Waals surface area contributed by atoms with E-state index in [1.54, 1.807) is 4.57 Å². The fraction of sp³-hybridized carbons (Fsp3) is 0.421. The van der Waals surface area contributed by atoms with Gasteiger partial charge in [-0.2, -0.15) is 0 Å². The van der Waals surface area contributed by atoms with Gasteiger partial charge < -0.3 is 4.42 Å². The van der Waals surface area contributed by atoms with Gasteiger partial charge in [0.1, 0.15) is 0 Å². The lowest BCUT2D eigenvalue weighted by Gasteiger charge is -2.12. The Morgan fingerprint density at radius 3 is 2.64 bits per heavy atom. The molecule has 0 fully saturated rings. The average Bonchev–Trinajstić information content (AvgIpc) is 3.33. The van der Waals surface area contributed by atoms with Gasteiger partial charge in [0.25, 0.3) is 5.56 Å². The molecule has 0 saturated heterocycles. The molecule has 9 heteroatoms. The molecule has 0 bridgehead atoms. The predicted octanol–water partition coefficient (Wildman–Crippen LogP) is 3.33. The van der Waals surface area contributed by atoms with Crippen LogP contribution in [0.15, 0.2) is 38.6 Å². The highest BCUT2D eigenvalue weighted by Gasteiger charge is 2.17. The summed E-state index contributed by atoms with van der Waals surface area (Å²) in [5.74, 6) is 2.71. The van der Waals surface area contributed by atoms with E-state index in [1.807, 2.05) is 35.6 Å². The molecule has 0 aliphatic rings. The first kappa shape index (κ1) is 18.7. The number of aryl methyl sites for hydroxylation is 2. The zero-order valence-corrected chi connectivity index (χ0v) is 16.9. The molecule has 3 aromatic heterocycles. The van der Waals surface area contributed by atoms with Gasteiger partial charge in [0.15, 0.2) is 5.16 Å². The van der Waals surface area contributed by atoms with Crippen LogP contribution in [-0.2, 0) is 18.7 Å². The third kappa shape index (κ3) is 3.42. The number of para-hydroxylation sites is 1. The highest BCUT2D eigenvalue weighted by atomic mass is 32.2. The zero-order valence-electron chi connectivity index (χ0n) is 16.1. The maximum atomic E-state index is 13.0. The first-order valence-electron chi connectivity index (χ1n) is 9.39. The fourth-order valence-electron chi connectivity index (χ4n) is 3.03. The first-order chi connectivity index (χ1) is 13.6. The van der Waals surface area contributed by atoms with Crippen molar-refractivity contribution in [2.75, 3.05) is 0 Å². The predicted molar refractivity (Wildman–Crippen MR) is 107 cm³/mol. The number of nitrogens with zero attached hydrogens (tertiary/aromatic N) is 6. The van der Waals surface area contributed by atoms with Gasteiger partial charge in [-0.15, -0.1) is 20.4 Å². The number of aromatic nitrogens is 6. The topological polar surface area (TPSA) is 91.1 Å². The van der Waals surface area contributed by atoms with Crippen molar-refractivity contribution < 1.29 is 4.42 Å². The minimum atomic E-state index is -0.0304. The highest BCUT2D eigenvalue weighted by Crippen LogP contribution is 2.24. The molecule has 4 rings (SSSR count). The van der Waals surface area contributed by atoms with E-state index in [0.717, 1.165) is 11.9 Å². The number of hydrogen-bond donors (Lipinski definition) is 0. The Kier molecular flexibility index (Phi) is 5.17. The Morgan fingerprint density at radius 1 is 1.11 bits per heavy atom. The molecule has 0 N–H and O–H groups in total. The quantitative estimate of drug-likeness (QED) is 0.441. The van der Waals surface area contributed by atoms with Crippen molar-refractivity contribution in [3.8, 4) is 0 Å². The normalized spacial score (nSPS) is 11.9. The van der Waals surface area contributed by atoms with E-state index >= 15 is 0 Å². The van der Waals surface area contributed by atoms with E-state index in [-0.39, 0.29) is 5.56 Å². The summed E-state index contributed by atoms with van der Waals surface area (Å²) in [6.45, 7) is 6.86. The molecule has 1 aromatic carbocycles. The molecule has 0 aliphatic carbocycles. The summed E-state index contributed by atoms with van der Waals surface area (Å²) in [4.78, 5) is 13.0. The highest BCUT2D eigenvalue weighted by molar-refractivity contribution is 7.98. The fourth-order valence-corrected chi connectivity index (χ4v) is 3.81.